The number of rotatable bonds is 3. The van der Waals surface area contributed by atoms with Crippen LogP contribution in [0.2, 0.25) is 0 Å². The molecule has 2 nitrogen and oxygen atoms in total. The Morgan fingerprint density at radius 3 is 1.89 bits per heavy atom. The monoisotopic (exact) mass is 707 g/mol. The molecule has 12 rings (SSSR count). The molecule has 8 aromatic carbocycles. The summed E-state index contributed by atoms with van der Waals surface area (Å²) in [5, 5.41) is 7.58. The average molecular weight is 708 g/mol. The molecule has 0 aliphatic heterocycles. The van der Waals surface area contributed by atoms with Gasteiger partial charge < -0.3 is 8.98 Å². The largest absolute Gasteiger partial charge is 0.456 e. The number of benzene rings is 8. The van der Waals surface area contributed by atoms with Gasteiger partial charge in [0.05, 0.1) is 11.0 Å². The van der Waals surface area contributed by atoms with Crippen molar-refractivity contribution >= 4 is 75.3 Å². The van der Waals surface area contributed by atoms with E-state index >= 15 is 0 Å². The van der Waals surface area contributed by atoms with Gasteiger partial charge in [0, 0.05) is 52.8 Å². The molecule has 3 heteroatoms. The molecule has 0 saturated heterocycles. The second-order valence-corrected chi connectivity index (χ2v) is 16.4. The van der Waals surface area contributed by atoms with Gasteiger partial charge in [-0.2, -0.15) is 0 Å². The molecule has 254 valence electrons. The molecule has 0 fully saturated rings. The Labute approximate surface area is 316 Å². The van der Waals surface area contributed by atoms with Crippen molar-refractivity contribution < 1.29 is 4.42 Å². The van der Waals surface area contributed by atoms with Crippen LogP contribution in [0.3, 0.4) is 0 Å². The number of nitrogens with zero attached hydrogens (tertiary/aromatic N) is 1. The van der Waals surface area contributed by atoms with Crippen molar-refractivity contribution in [2.45, 2.75) is 19.3 Å². The third kappa shape index (κ3) is 4.10. The van der Waals surface area contributed by atoms with E-state index in [1.807, 2.05) is 11.3 Å². The molecule has 3 aromatic heterocycles. The minimum absolute atomic E-state index is 0.219. The van der Waals surface area contributed by atoms with Gasteiger partial charge in [-0.25, -0.2) is 0 Å². The predicted octanol–water partition coefficient (Wildman–Crippen LogP) is 14.7. The highest BCUT2D eigenvalue weighted by Gasteiger charge is 2.38. The second-order valence-electron chi connectivity index (χ2n) is 15.3. The van der Waals surface area contributed by atoms with Crippen LogP contribution in [0, 0.1) is 0 Å². The number of furan rings is 1. The fourth-order valence-corrected chi connectivity index (χ4v) is 10.5. The Hall–Kier alpha value is -6.42. The Bertz CT molecular complexity index is 3360. The first-order valence-electron chi connectivity index (χ1n) is 18.7. The Morgan fingerprint density at radius 2 is 1.09 bits per heavy atom. The lowest BCUT2D eigenvalue weighted by molar-refractivity contribution is 0.656. The molecular weight excluding hydrogens is 675 g/mol. The number of thiophene rings is 1. The summed E-state index contributed by atoms with van der Waals surface area (Å²) in [6.07, 6.45) is 0. The highest BCUT2D eigenvalue weighted by Crippen LogP contribution is 2.54. The van der Waals surface area contributed by atoms with E-state index in [-0.39, 0.29) is 5.41 Å². The third-order valence-electron chi connectivity index (χ3n) is 12.0. The van der Waals surface area contributed by atoms with E-state index in [0.717, 1.165) is 11.2 Å². The molecule has 11 aromatic rings. The van der Waals surface area contributed by atoms with Gasteiger partial charge in [-0.3, -0.25) is 0 Å². The van der Waals surface area contributed by atoms with Crippen LogP contribution in [0.5, 0.6) is 0 Å². The van der Waals surface area contributed by atoms with Crippen LogP contribution in [0.4, 0.5) is 0 Å². The van der Waals surface area contributed by atoms with Gasteiger partial charge in [0.2, 0.25) is 0 Å². The quantitative estimate of drug-likeness (QED) is 0.179. The van der Waals surface area contributed by atoms with Gasteiger partial charge in [-0.15, -0.1) is 11.3 Å². The Kier molecular flexibility index (Phi) is 6.03. The van der Waals surface area contributed by atoms with E-state index in [9.17, 15) is 0 Å². The lowest BCUT2D eigenvalue weighted by Crippen LogP contribution is -2.15. The van der Waals surface area contributed by atoms with Crippen molar-refractivity contribution in [3.8, 4) is 39.1 Å². The van der Waals surface area contributed by atoms with Gasteiger partial charge in [0.25, 0.3) is 0 Å². The number of aromatic nitrogens is 1. The second kappa shape index (κ2) is 10.8. The minimum atomic E-state index is -0.219. The van der Waals surface area contributed by atoms with Crippen LogP contribution >= 0.6 is 11.3 Å². The zero-order valence-electron chi connectivity index (χ0n) is 29.9. The van der Waals surface area contributed by atoms with Crippen LogP contribution < -0.4 is 0 Å². The summed E-state index contributed by atoms with van der Waals surface area (Å²) in [5.41, 5.74) is 15.5. The van der Waals surface area contributed by atoms with Crippen molar-refractivity contribution in [3.05, 3.63) is 175 Å². The fraction of sp³-hybridized carbons (Fsp3) is 0.0588. The lowest BCUT2D eigenvalue weighted by atomic mass is 9.80. The zero-order chi connectivity index (χ0) is 35.7. The molecule has 0 spiro atoms. The van der Waals surface area contributed by atoms with E-state index in [2.05, 4.69) is 182 Å². The van der Waals surface area contributed by atoms with Gasteiger partial charge in [0.1, 0.15) is 11.2 Å². The van der Waals surface area contributed by atoms with Crippen molar-refractivity contribution in [2.75, 3.05) is 0 Å². The molecular formula is C51H33NOS. The van der Waals surface area contributed by atoms with Crippen LogP contribution in [0.1, 0.15) is 25.0 Å². The summed E-state index contributed by atoms with van der Waals surface area (Å²) in [4.78, 5) is 0. The summed E-state index contributed by atoms with van der Waals surface area (Å²) >= 11 is 1.87. The van der Waals surface area contributed by atoms with Crippen molar-refractivity contribution in [1.29, 1.82) is 0 Å². The molecule has 0 amide bonds. The first-order valence-corrected chi connectivity index (χ1v) is 19.5. The Morgan fingerprint density at radius 1 is 0.463 bits per heavy atom. The Balaban J connectivity index is 1.07. The van der Waals surface area contributed by atoms with Crippen molar-refractivity contribution in [3.63, 3.8) is 0 Å². The topological polar surface area (TPSA) is 18.1 Å². The van der Waals surface area contributed by atoms with Crippen molar-refractivity contribution in [1.82, 2.24) is 4.57 Å². The van der Waals surface area contributed by atoms with Gasteiger partial charge >= 0.3 is 0 Å². The molecule has 0 radical (unpaired) electrons. The minimum Gasteiger partial charge on any atom is -0.456 e. The lowest BCUT2D eigenvalue weighted by Gasteiger charge is -2.23. The molecule has 0 bridgehead atoms. The van der Waals surface area contributed by atoms with E-state index in [4.69, 9.17) is 4.42 Å². The highest BCUT2D eigenvalue weighted by atomic mass is 32.1. The third-order valence-corrected chi connectivity index (χ3v) is 13.1. The smallest absolute Gasteiger partial charge is 0.135 e. The first-order chi connectivity index (χ1) is 26.5. The maximum absolute atomic E-state index is 6.36. The van der Waals surface area contributed by atoms with E-state index in [1.165, 1.54) is 103 Å². The molecule has 1 aliphatic carbocycles. The maximum atomic E-state index is 6.36. The number of para-hydroxylation sites is 1. The normalized spacial score (nSPS) is 13.5. The maximum Gasteiger partial charge on any atom is 0.135 e. The standard InChI is InChI=1S/C51H33NOS/c1-51(2)42-29-34(19-20-35(42)37-21-24-46-49(50(37)51)38-13-6-8-14-45(38)53-46)52-43-22-16-31(30-10-4-3-5-11-30)26-39(43)40-27-32(17-23-44(40)52)33-18-25-48-41(28-33)36-12-7-9-15-47(36)54-48/h3-29H,1-2H3. The van der Waals surface area contributed by atoms with Crippen LogP contribution in [-0.2, 0) is 5.41 Å². The molecule has 0 saturated carbocycles. The number of hydrogen-bond acceptors (Lipinski definition) is 2. The molecule has 1 aliphatic rings. The summed E-state index contributed by atoms with van der Waals surface area (Å²) in [6, 6.07) is 60.4. The SMILES string of the molecule is CC1(C)c2cc(-n3c4ccc(-c5ccccc5)cc4c4cc(-c5ccc6sc7ccccc7c6c5)ccc43)ccc2-c2ccc3oc4ccccc4c3c21. The van der Waals surface area contributed by atoms with Crippen LogP contribution in [0.25, 0.3) is 103 Å². The highest BCUT2D eigenvalue weighted by molar-refractivity contribution is 7.25. The molecule has 3 heterocycles. The van der Waals surface area contributed by atoms with Crippen LogP contribution in [-0.4, -0.2) is 4.57 Å². The fourth-order valence-electron chi connectivity index (χ4n) is 9.45. The number of fused-ring (bicyclic) bond motifs is 13. The van der Waals surface area contributed by atoms with Crippen molar-refractivity contribution in [2.24, 2.45) is 0 Å². The van der Waals surface area contributed by atoms with Gasteiger partial charge in [-0.05, 0) is 111 Å². The van der Waals surface area contributed by atoms with E-state index in [0.29, 0.717) is 0 Å². The molecule has 0 unspecified atom stereocenters. The van der Waals surface area contributed by atoms with E-state index < -0.39 is 0 Å². The summed E-state index contributed by atoms with van der Waals surface area (Å²) in [5.74, 6) is 0. The van der Waals surface area contributed by atoms with Gasteiger partial charge in [-0.1, -0.05) is 111 Å². The van der Waals surface area contributed by atoms with E-state index in [1.54, 1.807) is 0 Å². The van der Waals surface area contributed by atoms with Gasteiger partial charge in [0.15, 0.2) is 0 Å². The summed E-state index contributed by atoms with van der Waals surface area (Å²) in [6.45, 7) is 4.75. The number of hydrogen-bond donors (Lipinski definition) is 0. The first kappa shape index (κ1) is 30.1. The predicted molar refractivity (Wildman–Crippen MR) is 229 cm³/mol. The summed E-state index contributed by atoms with van der Waals surface area (Å²) < 4.78 is 11.5. The molecule has 0 atom stereocenters. The van der Waals surface area contributed by atoms with Crippen LogP contribution in [0.15, 0.2) is 168 Å². The average Bonchev–Trinajstić information content (AvgIpc) is 3.94. The zero-order valence-corrected chi connectivity index (χ0v) is 30.7. The summed E-state index contributed by atoms with van der Waals surface area (Å²) in [7, 11) is 0. The molecule has 0 N–H and O–H groups in total. The molecule has 54 heavy (non-hydrogen) atoms.